The van der Waals surface area contributed by atoms with Crippen molar-refractivity contribution >= 4 is 17.5 Å². The lowest BCUT2D eigenvalue weighted by Crippen LogP contribution is -2.54. The molecule has 2 amide bonds. The van der Waals surface area contributed by atoms with Gasteiger partial charge in [0.05, 0.1) is 26.4 Å². The minimum Gasteiger partial charge on any atom is -0.385 e. The number of hydrogen-bond donors (Lipinski definition) is 4. The SMILES string of the molecule is NCCCOCCOCCOCCCNc1cccc2c1CN(C1CCC(O)NC1=O)C2=O. The van der Waals surface area contributed by atoms with Gasteiger partial charge >= 0.3 is 0 Å². The van der Waals surface area contributed by atoms with Crippen LogP contribution in [0.4, 0.5) is 5.69 Å². The van der Waals surface area contributed by atoms with Crippen LogP contribution in [-0.2, 0) is 25.5 Å². The summed E-state index contributed by atoms with van der Waals surface area (Å²) in [5, 5.41) is 15.5. The zero-order valence-electron chi connectivity index (χ0n) is 19.1. The van der Waals surface area contributed by atoms with Gasteiger partial charge in [-0.25, -0.2) is 0 Å². The Kier molecular flexibility index (Phi) is 10.4. The molecule has 0 spiro atoms. The number of aliphatic hydroxyl groups excluding tert-OH is 1. The third kappa shape index (κ3) is 7.38. The van der Waals surface area contributed by atoms with Crippen molar-refractivity contribution in [3.05, 3.63) is 29.3 Å². The van der Waals surface area contributed by atoms with Crippen molar-refractivity contribution in [3.63, 3.8) is 0 Å². The first kappa shape index (κ1) is 25.4. The number of carbonyl (C=O) groups is 2. The van der Waals surface area contributed by atoms with E-state index in [9.17, 15) is 14.7 Å². The predicted molar refractivity (Wildman–Crippen MR) is 123 cm³/mol. The maximum atomic E-state index is 12.9. The first-order valence-electron chi connectivity index (χ1n) is 11.7. The van der Waals surface area contributed by atoms with E-state index in [2.05, 4.69) is 10.6 Å². The molecule has 1 fully saturated rings. The molecule has 2 aliphatic rings. The van der Waals surface area contributed by atoms with E-state index in [0.29, 0.717) is 77.7 Å². The number of piperidine rings is 1. The van der Waals surface area contributed by atoms with Gasteiger partial charge < -0.3 is 40.6 Å². The van der Waals surface area contributed by atoms with Gasteiger partial charge in [-0.15, -0.1) is 0 Å². The van der Waals surface area contributed by atoms with E-state index in [0.717, 1.165) is 24.1 Å². The molecule has 0 aromatic heterocycles. The van der Waals surface area contributed by atoms with Crippen molar-refractivity contribution in [2.45, 2.75) is 44.5 Å². The fourth-order valence-corrected chi connectivity index (χ4v) is 3.97. The topological polar surface area (TPSA) is 135 Å². The van der Waals surface area contributed by atoms with Gasteiger partial charge in [-0.3, -0.25) is 9.59 Å². The molecule has 1 saturated heterocycles. The number of aliphatic hydroxyl groups is 1. The number of nitrogens with two attached hydrogens (primary N) is 1. The molecule has 184 valence electrons. The summed E-state index contributed by atoms with van der Waals surface area (Å²) >= 11 is 0. The van der Waals surface area contributed by atoms with Crippen molar-refractivity contribution in [2.75, 3.05) is 58.0 Å². The van der Waals surface area contributed by atoms with Crippen molar-refractivity contribution in [3.8, 4) is 0 Å². The highest BCUT2D eigenvalue weighted by molar-refractivity contribution is 6.02. The minimum atomic E-state index is -0.833. The van der Waals surface area contributed by atoms with E-state index >= 15 is 0 Å². The molecule has 2 atom stereocenters. The first-order chi connectivity index (χ1) is 16.1. The standard InChI is InChI=1S/C23H36N4O6/c24-8-2-10-31-12-14-33-15-13-32-11-3-9-25-19-5-1-4-17-18(19)16-27(23(17)30)20-6-7-21(28)26-22(20)29/h1,4-5,20-21,25,28H,2-3,6-16,24H2,(H,26,29). The summed E-state index contributed by atoms with van der Waals surface area (Å²) in [4.78, 5) is 26.7. The quantitative estimate of drug-likeness (QED) is 0.275. The Morgan fingerprint density at radius 2 is 1.73 bits per heavy atom. The van der Waals surface area contributed by atoms with Gasteiger partial charge in [0.15, 0.2) is 0 Å². The number of nitrogens with one attached hydrogen (secondary N) is 2. The summed E-state index contributed by atoms with van der Waals surface area (Å²) in [5.41, 5.74) is 7.83. The summed E-state index contributed by atoms with van der Waals surface area (Å²) in [7, 11) is 0. The van der Waals surface area contributed by atoms with E-state index < -0.39 is 12.3 Å². The molecule has 0 saturated carbocycles. The molecule has 0 radical (unpaired) electrons. The Bertz CT molecular complexity index is 777. The second-order valence-electron chi connectivity index (χ2n) is 8.14. The molecule has 10 nitrogen and oxygen atoms in total. The summed E-state index contributed by atoms with van der Waals surface area (Å²) in [6.45, 7) is 5.18. The number of carbonyl (C=O) groups excluding carboxylic acids is 2. The minimum absolute atomic E-state index is 0.140. The number of fused-ring (bicyclic) bond motifs is 1. The lowest BCUT2D eigenvalue weighted by Gasteiger charge is -2.32. The van der Waals surface area contributed by atoms with Crippen LogP contribution in [0.1, 0.15) is 41.6 Å². The highest BCUT2D eigenvalue weighted by Crippen LogP contribution is 2.32. The molecule has 10 heteroatoms. The van der Waals surface area contributed by atoms with Gasteiger partial charge in [0.1, 0.15) is 12.3 Å². The molecule has 0 bridgehead atoms. The monoisotopic (exact) mass is 464 g/mol. The molecule has 33 heavy (non-hydrogen) atoms. The zero-order valence-corrected chi connectivity index (χ0v) is 19.1. The van der Waals surface area contributed by atoms with E-state index in [1.807, 2.05) is 12.1 Å². The Balaban J connectivity index is 1.33. The molecular weight excluding hydrogens is 428 g/mol. The van der Waals surface area contributed by atoms with Crippen molar-refractivity contribution in [1.82, 2.24) is 10.2 Å². The van der Waals surface area contributed by atoms with Gasteiger partial charge in [0, 0.05) is 43.1 Å². The van der Waals surface area contributed by atoms with Crippen LogP contribution in [-0.4, -0.2) is 86.8 Å². The summed E-state index contributed by atoms with van der Waals surface area (Å²) in [6, 6.07) is 5.05. The van der Waals surface area contributed by atoms with E-state index in [1.54, 1.807) is 11.0 Å². The molecule has 5 N–H and O–H groups in total. The predicted octanol–water partition coefficient (Wildman–Crippen LogP) is 0.440. The van der Waals surface area contributed by atoms with E-state index in [4.69, 9.17) is 19.9 Å². The van der Waals surface area contributed by atoms with Crippen LogP contribution in [0.3, 0.4) is 0 Å². The summed E-state index contributed by atoms with van der Waals surface area (Å²) in [5.74, 6) is -0.442. The molecule has 3 rings (SSSR count). The van der Waals surface area contributed by atoms with E-state index in [-0.39, 0.29) is 11.8 Å². The Labute approximate surface area is 194 Å². The van der Waals surface area contributed by atoms with Gasteiger partial charge in [-0.05, 0) is 44.4 Å². The number of amides is 2. The molecular formula is C23H36N4O6. The third-order valence-corrected chi connectivity index (χ3v) is 5.71. The molecule has 1 aromatic rings. The van der Waals surface area contributed by atoms with E-state index in [1.165, 1.54) is 0 Å². The Morgan fingerprint density at radius 1 is 1.03 bits per heavy atom. The molecule has 2 heterocycles. The highest BCUT2D eigenvalue weighted by atomic mass is 16.5. The number of anilines is 1. The van der Waals surface area contributed by atoms with Gasteiger partial charge in [0.2, 0.25) is 5.91 Å². The second-order valence-corrected chi connectivity index (χ2v) is 8.14. The van der Waals surface area contributed by atoms with Gasteiger partial charge in [-0.2, -0.15) is 0 Å². The molecule has 2 aliphatic heterocycles. The number of nitrogens with zero attached hydrogens (tertiary/aromatic N) is 1. The lowest BCUT2D eigenvalue weighted by atomic mass is 10.0. The fourth-order valence-electron chi connectivity index (χ4n) is 3.97. The van der Waals surface area contributed by atoms with Crippen LogP contribution in [0.2, 0.25) is 0 Å². The maximum Gasteiger partial charge on any atom is 0.255 e. The average Bonchev–Trinajstić information content (AvgIpc) is 3.14. The van der Waals surface area contributed by atoms with Crippen LogP contribution < -0.4 is 16.4 Å². The summed E-state index contributed by atoms with van der Waals surface area (Å²) < 4.78 is 16.4. The van der Waals surface area contributed by atoms with Gasteiger partial charge in [0.25, 0.3) is 5.91 Å². The number of rotatable bonds is 15. The Morgan fingerprint density at radius 3 is 2.42 bits per heavy atom. The van der Waals surface area contributed by atoms with Crippen molar-refractivity contribution < 1.29 is 28.9 Å². The first-order valence-corrected chi connectivity index (χ1v) is 11.7. The maximum absolute atomic E-state index is 12.9. The highest BCUT2D eigenvalue weighted by Gasteiger charge is 2.39. The number of hydrogen-bond acceptors (Lipinski definition) is 8. The molecule has 1 aromatic carbocycles. The number of ether oxygens (including phenoxy) is 3. The van der Waals surface area contributed by atoms with Crippen molar-refractivity contribution in [2.24, 2.45) is 5.73 Å². The van der Waals surface area contributed by atoms with Crippen LogP contribution in [0.5, 0.6) is 0 Å². The third-order valence-electron chi connectivity index (χ3n) is 5.71. The van der Waals surface area contributed by atoms with Crippen LogP contribution in [0, 0.1) is 0 Å². The second kappa shape index (κ2) is 13.5. The Hall–Kier alpha value is -2.24. The van der Waals surface area contributed by atoms with Gasteiger partial charge in [-0.1, -0.05) is 6.07 Å². The summed E-state index contributed by atoms with van der Waals surface area (Å²) in [6.07, 6.45) is 1.74. The number of benzene rings is 1. The lowest BCUT2D eigenvalue weighted by molar-refractivity contribution is -0.132. The largest absolute Gasteiger partial charge is 0.385 e. The fraction of sp³-hybridized carbons (Fsp3) is 0.652. The zero-order chi connectivity index (χ0) is 23.5. The van der Waals surface area contributed by atoms with Crippen LogP contribution in [0.25, 0.3) is 0 Å². The molecule has 0 aliphatic carbocycles. The normalized spacial score (nSPS) is 20.1. The molecule has 2 unspecified atom stereocenters. The van der Waals surface area contributed by atoms with Crippen LogP contribution in [0.15, 0.2) is 18.2 Å². The van der Waals surface area contributed by atoms with Crippen LogP contribution >= 0.6 is 0 Å². The van der Waals surface area contributed by atoms with Crippen molar-refractivity contribution in [1.29, 1.82) is 0 Å². The smallest absolute Gasteiger partial charge is 0.255 e. The average molecular weight is 465 g/mol.